The van der Waals surface area contributed by atoms with E-state index in [0.717, 1.165) is 23.9 Å². The monoisotopic (exact) mass is 285 g/mol. The molecule has 1 N–H and O–H groups in total. The van der Waals surface area contributed by atoms with Crippen molar-refractivity contribution >= 4 is 11.6 Å². The molecule has 0 amide bonds. The predicted molar refractivity (Wildman–Crippen MR) is 77.9 cm³/mol. The molecule has 0 atom stereocenters. The van der Waals surface area contributed by atoms with Gasteiger partial charge in [-0.3, -0.25) is 4.57 Å². The van der Waals surface area contributed by atoms with E-state index in [2.05, 4.69) is 10.3 Å². The zero-order valence-electron chi connectivity index (χ0n) is 11.3. The van der Waals surface area contributed by atoms with Gasteiger partial charge in [0.15, 0.2) is 0 Å². The highest BCUT2D eigenvalue weighted by Crippen LogP contribution is 2.23. The van der Waals surface area contributed by atoms with Crippen molar-refractivity contribution in [2.24, 2.45) is 0 Å². The van der Waals surface area contributed by atoms with Gasteiger partial charge in [-0.1, -0.05) is 18.2 Å². The summed E-state index contributed by atoms with van der Waals surface area (Å²) in [5, 5.41) is 3.10. The van der Waals surface area contributed by atoms with Crippen LogP contribution in [0.4, 0.5) is 20.4 Å². The van der Waals surface area contributed by atoms with Gasteiger partial charge < -0.3 is 5.32 Å². The summed E-state index contributed by atoms with van der Waals surface area (Å²) in [4.78, 5) is 4.32. The average molecular weight is 285 g/mol. The second kappa shape index (κ2) is 5.36. The maximum atomic E-state index is 13.9. The van der Waals surface area contributed by atoms with Gasteiger partial charge in [0.1, 0.15) is 11.6 Å². The first-order valence-electron chi connectivity index (χ1n) is 6.47. The maximum absolute atomic E-state index is 13.9. The number of benzene rings is 2. The van der Waals surface area contributed by atoms with Gasteiger partial charge in [0, 0.05) is 18.0 Å². The van der Waals surface area contributed by atoms with Gasteiger partial charge in [-0.05, 0) is 31.2 Å². The van der Waals surface area contributed by atoms with Crippen molar-refractivity contribution in [1.29, 1.82) is 0 Å². The topological polar surface area (TPSA) is 29.9 Å². The van der Waals surface area contributed by atoms with Gasteiger partial charge in [0.2, 0.25) is 5.95 Å². The van der Waals surface area contributed by atoms with Crippen LogP contribution in [0, 0.1) is 18.6 Å². The van der Waals surface area contributed by atoms with Gasteiger partial charge in [-0.25, -0.2) is 13.8 Å². The predicted octanol–water partition coefficient (Wildman–Crippen LogP) is 4.20. The number of para-hydroxylation sites is 1. The minimum absolute atomic E-state index is 0.119. The Hall–Kier alpha value is -2.69. The molecule has 0 aliphatic rings. The van der Waals surface area contributed by atoms with Crippen molar-refractivity contribution in [3.8, 4) is 5.69 Å². The Labute approximate surface area is 120 Å². The van der Waals surface area contributed by atoms with E-state index in [9.17, 15) is 8.78 Å². The van der Waals surface area contributed by atoms with E-state index in [-0.39, 0.29) is 5.69 Å². The highest BCUT2D eigenvalue weighted by atomic mass is 19.1. The fourth-order valence-corrected chi connectivity index (χ4v) is 2.09. The number of nitrogens with zero attached hydrogens (tertiary/aromatic N) is 2. The summed E-state index contributed by atoms with van der Waals surface area (Å²) in [6, 6.07) is 12.7. The average Bonchev–Trinajstić information content (AvgIpc) is 2.83. The van der Waals surface area contributed by atoms with Crippen LogP contribution in [0.3, 0.4) is 0 Å². The van der Waals surface area contributed by atoms with Crippen LogP contribution < -0.4 is 5.32 Å². The van der Waals surface area contributed by atoms with Gasteiger partial charge in [0.05, 0.1) is 11.4 Å². The zero-order chi connectivity index (χ0) is 14.8. The van der Waals surface area contributed by atoms with E-state index in [1.54, 1.807) is 13.1 Å². The number of imidazole rings is 1. The van der Waals surface area contributed by atoms with Crippen molar-refractivity contribution in [1.82, 2.24) is 9.55 Å². The number of anilines is 2. The third-order valence-electron chi connectivity index (χ3n) is 3.02. The Balaban J connectivity index is 2.05. The normalized spacial score (nSPS) is 10.6. The summed E-state index contributed by atoms with van der Waals surface area (Å²) in [5.74, 6) is -0.573. The molecule has 0 saturated heterocycles. The van der Waals surface area contributed by atoms with Crippen LogP contribution >= 0.6 is 0 Å². The Morgan fingerprint density at radius 1 is 1.05 bits per heavy atom. The minimum Gasteiger partial charge on any atom is -0.325 e. The molecule has 3 rings (SSSR count). The van der Waals surface area contributed by atoms with Crippen molar-refractivity contribution in [2.75, 3.05) is 5.32 Å². The molecule has 0 unspecified atom stereocenters. The fraction of sp³-hybridized carbons (Fsp3) is 0.0625. The summed E-state index contributed by atoms with van der Waals surface area (Å²) in [5.41, 5.74) is 1.65. The van der Waals surface area contributed by atoms with Crippen LogP contribution in [0.1, 0.15) is 5.69 Å². The van der Waals surface area contributed by atoms with Crippen molar-refractivity contribution in [3.63, 3.8) is 0 Å². The van der Waals surface area contributed by atoms with Crippen LogP contribution in [0.25, 0.3) is 5.69 Å². The molecule has 5 heteroatoms. The Kier molecular flexibility index (Phi) is 3.39. The molecule has 3 aromatic rings. The summed E-state index contributed by atoms with van der Waals surface area (Å²) in [6.07, 6.45) is 1.66. The molecule has 2 aromatic carbocycles. The summed E-state index contributed by atoms with van der Waals surface area (Å²) >= 11 is 0. The molecule has 0 aliphatic heterocycles. The van der Waals surface area contributed by atoms with E-state index in [1.165, 1.54) is 4.57 Å². The first-order valence-corrected chi connectivity index (χ1v) is 6.47. The Morgan fingerprint density at radius 3 is 2.57 bits per heavy atom. The lowest BCUT2D eigenvalue weighted by Gasteiger charge is -2.10. The number of aryl methyl sites for hydroxylation is 1. The fourth-order valence-electron chi connectivity index (χ4n) is 2.09. The van der Waals surface area contributed by atoms with Crippen LogP contribution in [0.2, 0.25) is 0 Å². The van der Waals surface area contributed by atoms with Gasteiger partial charge >= 0.3 is 0 Å². The molecular weight excluding hydrogens is 272 g/mol. The lowest BCUT2D eigenvalue weighted by Crippen LogP contribution is -2.03. The van der Waals surface area contributed by atoms with E-state index >= 15 is 0 Å². The SMILES string of the molecule is Cc1cn(-c2cc(F)ccc2F)c(Nc2ccccc2)n1. The van der Waals surface area contributed by atoms with Crippen LogP contribution in [0.15, 0.2) is 54.7 Å². The molecule has 21 heavy (non-hydrogen) atoms. The smallest absolute Gasteiger partial charge is 0.212 e. The highest BCUT2D eigenvalue weighted by Gasteiger charge is 2.12. The molecule has 0 spiro atoms. The summed E-state index contributed by atoms with van der Waals surface area (Å²) in [7, 11) is 0. The first kappa shape index (κ1) is 13.3. The first-order chi connectivity index (χ1) is 10.1. The number of nitrogens with one attached hydrogen (secondary N) is 1. The number of aromatic nitrogens is 2. The maximum Gasteiger partial charge on any atom is 0.212 e. The number of rotatable bonds is 3. The van der Waals surface area contributed by atoms with E-state index in [4.69, 9.17) is 0 Å². The molecular formula is C16H13F2N3. The Bertz CT molecular complexity index is 766. The molecule has 106 valence electrons. The third-order valence-corrected chi connectivity index (χ3v) is 3.02. The van der Waals surface area contributed by atoms with E-state index < -0.39 is 11.6 Å². The molecule has 1 aromatic heterocycles. The molecule has 0 saturated carbocycles. The summed E-state index contributed by atoms with van der Waals surface area (Å²) in [6.45, 7) is 1.80. The number of hydrogen-bond donors (Lipinski definition) is 1. The largest absolute Gasteiger partial charge is 0.325 e. The lowest BCUT2D eigenvalue weighted by molar-refractivity contribution is 0.593. The van der Waals surface area contributed by atoms with Crippen LogP contribution in [-0.4, -0.2) is 9.55 Å². The van der Waals surface area contributed by atoms with Crippen LogP contribution in [-0.2, 0) is 0 Å². The molecule has 0 aliphatic carbocycles. The van der Waals surface area contributed by atoms with Crippen molar-refractivity contribution < 1.29 is 8.78 Å². The van der Waals surface area contributed by atoms with Crippen molar-refractivity contribution in [2.45, 2.75) is 6.92 Å². The van der Waals surface area contributed by atoms with E-state index in [0.29, 0.717) is 11.6 Å². The van der Waals surface area contributed by atoms with Crippen molar-refractivity contribution in [3.05, 3.63) is 72.1 Å². The second-order valence-electron chi connectivity index (χ2n) is 4.66. The molecule has 1 heterocycles. The van der Waals surface area contributed by atoms with Gasteiger partial charge in [-0.2, -0.15) is 0 Å². The number of hydrogen-bond acceptors (Lipinski definition) is 2. The molecule has 0 radical (unpaired) electrons. The highest BCUT2D eigenvalue weighted by molar-refractivity contribution is 5.56. The molecule has 3 nitrogen and oxygen atoms in total. The third kappa shape index (κ3) is 2.76. The Morgan fingerprint density at radius 2 is 1.81 bits per heavy atom. The van der Waals surface area contributed by atoms with Gasteiger partial charge in [0.25, 0.3) is 0 Å². The lowest BCUT2D eigenvalue weighted by atomic mass is 10.3. The minimum atomic E-state index is -0.509. The summed E-state index contributed by atoms with van der Waals surface area (Å²) < 4.78 is 28.8. The second-order valence-corrected chi connectivity index (χ2v) is 4.66. The zero-order valence-corrected chi connectivity index (χ0v) is 11.3. The molecule has 0 bridgehead atoms. The molecule has 0 fully saturated rings. The standard InChI is InChI=1S/C16H13F2N3/c1-11-10-21(15-9-12(17)7-8-14(15)18)16(19-11)20-13-5-3-2-4-6-13/h2-10H,1H3,(H,19,20). The van der Waals surface area contributed by atoms with Crippen LogP contribution in [0.5, 0.6) is 0 Å². The van der Waals surface area contributed by atoms with Gasteiger partial charge in [-0.15, -0.1) is 0 Å². The quantitative estimate of drug-likeness (QED) is 0.781. The van der Waals surface area contributed by atoms with E-state index in [1.807, 2.05) is 30.3 Å². The number of halogens is 2.